The highest BCUT2D eigenvalue weighted by atomic mass is 32.1. The lowest BCUT2D eigenvalue weighted by molar-refractivity contribution is 0.102. The van der Waals surface area contributed by atoms with E-state index in [4.69, 9.17) is 4.98 Å². The molecule has 5 nitrogen and oxygen atoms in total. The van der Waals surface area contributed by atoms with Crippen molar-refractivity contribution in [2.45, 2.75) is 25.3 Å². The van der Waals surface area contributed by atoms with Gasteiger partial charge in [0.05, 0.1) is 4.88 Å². The van der Waals surface area contributed by atoms with Gasteiger partial charge >= 0.3 is 0 Å². The Morgan fingerprint density at radius 3 is 2.92 bits per heavy atom. The summed E-state index contributed by atoms with van der Waals surface area (Å²) in [4.78, 5) is 22.4. The molecule has 2 N–H and O–H groups in total. The van der Waals surface area contributed by atoms with Crippen LogP contribution in [0.4, 0.5) is 5.82 Å². The van der Waals surface area contributed by atoms with E-state index in [1.807, 2.05) is 6.07 Å². The zero-order chi connectivity index (χ0) is 17.1. The fourth-order valence-corrected chi connectivity index (χ4v) is 4.86. The minimum absolute atomic E-state index is 0.747. The van der Waals surface area contributed by atoms with Crippen molar-refractivity contribution in [2.75, 3.05) is 38.6 Å². The molecule has 2 aromatic heterocycles. The summed E-state index contributed by atoms with van der Waals surface area (Å²) in [6.45, 7) is 3.43. The topological polar surface area (TPSA) is 62.5 Å². The van der Waals surface area contributed by atoms with Crippen molar-refractivity contribution in [3.63, 3.8) is 0 Å². The number of hydrogen-bond donors (Lipinski definition) is 1. The van der Waals surface area contributed by atoms with E-state index in [1.54, 1.807) is 0 Å². The van der Waals surface area contributed by atoms with Gasteiger partial charge in [0.25, 0.3) is 0 Å². The highest BCUT2D eigenvalue weighted by molar-refractivity contribution is 7.20. The Morgan fingerprint density at radius 2 is 2.12 bits per heavy atom. The fraction of sp³-hybridized carbons (Fsp3) is 0.556. The summed E-state index contributed by atoms with van der Waals surface area (Å²) in [5.41, 5.74) is 4.50. The summed E-state index contributed by atoms with van der Waals surface area (Å²) in [5.74, 6) is 1.83. The van der Waals surface area contributed by atoms with Crippen LogP contribution in [0, 0.1) is 5.92 Å². The molecule has 4 heterocycles. The van der Waals surface area contributed by atoms with Gasteiger partial charge in [-0.05, 0) is 64.0 Å². The van der Waals surface area contributed by atoms with E-state index in [0.29, 0.717) is 0 Å². The Bertz CT molecular complexity index is 701. The molecule has 0 radical (unpaired) electrons. The van der Waals surface area contributed by atoms with Gasteiger partial charge in [0.15, 0.2) is 6.29 Å². The standard InChI is InChI=1S/C17H21N3OS.CH5N/c1-19-7-2-3-13-10-20(8-6-15(13)19)16-5-4-12-9-14(11-21)22-17(12)18-16;1-2/h4-5,9,11,13,15H,2-3,6-8,10H2,1H3;2H2,1H3. The Balaban J connectivity index is 0.000000815. The van der Waals surface area contributed by atoms with Crippen molar-refractivity contribution in [1.29, 1.82) is 0 Å². The van der Waals surface area contributed by atoms with E-state index in [1.165, 1.54) is 44.2 Å². The van der Waals surface area contributed by atoms with Crippen LogP contribution in [0.15, 0.2) is 18.2 Å². The predicted octanol–water partition coefficient (Wildman–Crippen LogP) is 2.60. The van der Waals surface area contributed by atoms with Crippen molar-refractivity contribution in [2.24, 2.45) is 11.7 Å². The highest BCUT2D eigenvalue weighted by Crippen LogP contribution is 2.32. The van der Waals surface area contributed by atoms with Crippen LogP contribution in [0.3, 0.4) is 0 Å². The Labute approximate surface area is 147 Å². The maximum atomic E-state index is 10.9. The number of hydrogen-bond acceptors (Lipinski definition) is 6. The molecule has 2 aliphatic rings. The second-order valence-electron chi connectivity index (χ2n) is 6.52. The number of nitrogens with zero attached hydrogens (tertiary/aromatic N) is 3. The number of pyridine rings is 1. The van der Waals surface area contributed by atoms with Crippen molar-refractivity contribution in [3.8, 4) is 0 Å². The number of piperidine rings is 2. The quantitative estimate of drug-likeness (QED) is 0.847. The smallest absolute Gasteiger partial charge is 0.160 e. The molecule has 0 spiro atoms. The van der Waals surface area contributed by atoms with Crippen molar-refractivity contribution in [1.82, 2.24) is 9.88 Å². The Kier molecular flexibility index (Phi) is 5.48. The fourth-order valence-electron chi connectivity index (χ4n) is 4.02. The Morgan fingerprint density at radius 1 is 1.29 bits per heavy atom. The minimum atomic E-state index is 0.747. The lowest BCUT2D eigenvalue weighted by atomic mass is 9.84. The van der Waals surface area contributed by atoms with Crippen LogP contribution < -0.4 is 10.6 Å². The van der Waals surface area contributed by atoms with Gasteiger partial charge in [-0.3, -0.25) is 4.79 Å². The molecule has 2 saturated heterocycles. The van der Waals surface area contributed by atoms with Gasteiger partial charge in [0, 0.05) is 24.5 Å². The third-order valence-corrected chi connectivity index (χ3v) is 6.14. The van der Waals surface area contributed by atoms with Crippen LogP contribution >= 0.6 is 11.3 Å². The Hall–Kier alpha value is -1.50. The van der Waals surface area contributed by atoms with Gasteiger partial charge in [0.1, 0.15) is 10.6 Å². The molecule has 24 heavy (non-hydrogen) atoms. The maximum Gasteiger partial charge on any atom is 0.160 e. The van der Waals surface area contributed by atoms with Crippen molar-refractivity contribution >= 4 is 33.7 Å². The molecule has 0 aliphatic carbocycles. The molecule has 2 atom stereocenters. The molecule has 2 fully saturated rings. The van der Waals surface area contributed by atoms with Gasteiger partial charge in [0.2, 0.25) is 0 Å². The average molecular weight is 347 g/mol. The molecule has 0 saturated carbocycles. The van der Waals surface area contributed by atoms with E-state index >= 15 is 0 Å². The maximum absolute atomic E-state index is 10.9. The van der Waals surface area contributed by atoms with Crippen LogP contribution in [0.25, 0.3) is 10.2 Å². The number of aldehydes is 1. The average Bonchev–Trinajstić information content (AvgIpc) is 3.05. The number of nitrogens with two attached hydrogens (primary N) is 1. The largest absolute Gasteiger partial charge is 0.356 e. The first kappa shape index (κ1) is 17.3. The van der Waals surface area contributed by atoms with Crippen LogP contribution in [0.5, 0.6) is 0 Å². The molecule has 2 aromatic rings. The highest BCUT2D eigenvalue weighted by Gasteiger charge is 2.34. The van der Waals surface area contributed by atoms with E-state index < -0.39 is 0 Å². The first-order valence-corrected chi connectivity index (χ1v) is 9.45. The van der Waals surface area contributed by atoms with Gasteiger partial charge < -0.3 is 15.5 Å². The summed E-state index contributed by atoms with van der Waals surface area (Å²) in [6, 6.07) is 6.88. The number of rotatable bonds is 2. The molecular formula is C18H26N4OS. The molecule has 0 bridgehead atoms. The third-order valence-electron chi connectivity index (χ3n) is 5.17. The van der Waals surface area contributed by atoms with Gasteiger partial charge in [-0.1, -0.05) is 0 Å². The SMILES string of the molecule is CN.CN1CCCC2CN(c3ccc4cc(C=O)sc4n3)CCC21. The zero-order valence-electron chi connectivity index (χ0n) is 14.4. The van der Waals surface area contributed by atoms with E-state index in [2.05, 4.69) is 34.7 Å². The second-order valence-corrected chi connectivity index (χ2v) is 7.58. The number of anilines is 1. The number of aromatic nitrogens is 1. The summed E-state index contributed by atoms with van der Waals surface area (Å²) in [5, 5.41) is 1.07. The molecule has 130 valence electrons. The van der Waals surface area contributed by atoms with E-state index in [0.717, 1.165) is 52.2 Å². The van der Waals surface area contributed by atoms with E-state index in [-0.39, 0.29) is 0 Å². The predicted molar refractivity (Wildman–Crippen MR) is 101 cm³/mol. The first-order chi connectivity index (χ1) is 11.7. The van der Waals surface area contributed by atoms with Gasteiger partial charge in [-0.15, -0.1) is 11.3 Å². The summed E-state index contributed by atoms with van der Waals surface area (Å²) in [7, 11) is 3.77. The van der Waals surface area contributed by atoms with Crippen molar-refractivity contribution < 1.29 is 4.79 Å². The molecule has 2 aliphatic heterocycles. The second kappa shape index (κ2) is 7.59. The van der Waals surface area contributed by atoms with Crippen LogP contribution in [0.1, 0.15) is 28.9 Å². The number of likely N-dealkylation sites (tertiary alicyclic amines) is 1. The number of fused-ring (bicyclic) bond motifs is 2. The lowest BCUT2D eigenvalue weighted by Gasteiger charge is -2.46. The zero-order valence-corrected chi connectivity index (χ0v) is 15.3. The molecular weight excluding hydrogens is 320 g/mol. The normalized spacial score (nSPS) is 24.2. The van der Waals surface area contributed by atoms with Crippen LogP contribution in [-0.2, 0) is 0 Å². The summed E-state index contributed by atoms with van der Waals surface area (Å²) in [6.07, 6.45) is 4.79. The monoisotopic (exact) mass is 346 g/mol. The minimum Gasteiger partial charge on any atom is -0.356 e. The molecule has 0 aromatic carbocycles. The van der Waals surface area contributed by atoms with Gasteiger partial charge in [-0.2, -0.15) is 0 Å². The number of thiophene rings is 1. The molecule has 2 unspecified atom stereocenters. The molecule has 0 amide bonds. The number of carbonyl (C=O) groups excluding carboxylic acids is 1. The third kappa shape index (κ3) is 3.31. The molecule has 6 heteroatoms. The van der Waals surface area contributed by atoms with Crippen molar-refractivity contribution in [3.05, 3.63) is 23.1 Å². The summed E-state index contributed by atoms with van der Waals surface area (Å²) >= 11 is 1.48. The molecule has 4 rings (SSSR count). The number of carbonyl (C=O) groups is 1. The summed E-state index contributed by atoms with van der Waals surface area (Å²) < 4.78 is 0. The van der Waals surface area contributed by atoms with Crippen LogP contribution in [0.2, 0.25) is 0 Å². The van der Waals surface area contributed by atoms with E-state index in [9.17, 15) is 4.79 Å². The van der Waals surface area contributed by atoms with Crippen LogP contribution in [-0.4, -0.2) is 55.9 Å². The van der Waals surface area contributed by atoms with Gasteiger partial charge in [-0.25, -0.2) is 4.98 Å². The first-order valence-electron chi connectivity index (χ1n) is 8.63. The lowest BCUT2D eigenvalue weighted by Crippen LogP contribution is -2.52.